The van der Waals surface area contributed by atoms with Crippen molar-refractivity contribution in [1.29, 1.82) is 0 Å². The number of nitrogens with one attached hydrogen (secondary N) is 1. The van der Waals surface area contributed by atoms with Gasteiger partial charge >= 0.3 is 0 Å². The molecule has 0 bridgehead atoms. The van der Waals surface area contributed by atoms with E-state index >= 15 is 0 Å². The van der Waals surface area contributed by atoms with Gasteiger partial charge in [-0.3, -0.25) is 0 Å². The molecular formula is C15H28N2. The van der Waals surface area contributed by atoms with Crippen LogP contribution in [0, 0.1) is 0 Å². The van der Waals surface area contributed by atoms with Gasteiger partial charge in [-0.25, -0.2) is 0 Å². The van der Waals surface area contributed by atoms with Crippen molar-refractivity contribution in [2.24, 2.45) is 0 Å². The van der Waals surface area contributed by atoms with Crippen LogP contribution in [0.25, 0.3) is 0 Å². The molecule has 1 fully saturated rings. The quantitative estimate of drug-likeness (QED) is 0.758. The molecule has 2 rings (SSSR count). The lowest BCUT2D eigenvalue weighted by molar-refractivity contribution is 0.179. The van der Waals surface area contributed by atoms with Crippen LogP contribution < -0.4 is 5.32 Å². The maximum atomic E-state index is 3.76. The van der Waals surface area contributed by atoms with Crippen molar-refractivity contribution in [3.05, 3.63) is 12.2 Å². The molecule has 17 heavy (non-hydrogen) atoms. The number of allylic oxidation sites excluding steroid dienone is 1. The van der Waals surface area contributed by atoms with Gasteiger partial charge in [0.1, 0.15) is 0 Å². The molecule has 1 N–H and O–H groups in total. The van der Waals surface area contributed by atoms with E-state index in [4.69, 9.17) is 0 Å². The van der Waals surface area contributed by atoms with Crippen LogP contribution in [-0.2, 0) is 0 Å². The van der Waals surface area contributed by atoms with E-state index in [1.807, 2.05) is 0 Å². The Kier molecular flexibility index (Phi) is 5.53. The number of likely N-dealkylation sites (tertiary alicyclic amines) is 1. The highest BCUT2D eigenvalue weighted by atomic mass is 15.2. The minimum Gasteiger partial charge on any atom is -0.309 e. The molecule has 2 nitrogen and oxygen atoms in total. The molecule has 0 aromatic rings. The molecule has 1 aliphatic carbocycles. The van der Waals surface area contributed by atoms with E-state index in [1.165, 1.54) is 64.5 Å². The summed E-state index contributed by atoms with van der Waals surface area (Å²) in [6.45, 7) is 2.46. The Morgan fingerprint density at radius 1 is 1.12 bits per heavy atom. The van der Waals surface area contributed by atoms with Crippen molar-refractivity contribution in [3.63, 3.8) is 0 Å². The summed E-state index contributed by atoms with van der Waals surface area (Å²) in [5, 5.41) is 3.76. The van der Waals surface area contributed by atoms with E-state index < -0.39 is 0 Å². The molecule has 0 spiro atoms. The van der Waals surface area contributed by atoms with Gasteiger partial charge in [0.15, 0.2) is 0 Å². The highest BCUT2D eigenvalue weighted by molar-refractivity contribution is 4.95. The van der Waals surface area contributed by atoms with Crippen molar-refractivity contribution in [2.75, 3.05) is 20.1 Å². The van der Waals surface area contributed by atoms with Crippen LogP contribution in [0.1, 0.15) is 51.4 Å². The molecule has 1 heterocycles. The van der Waals surface area contributed by atoms with Crippen LogP contribution in [0.5, 0.6) is 0 Å². The molecule has 1 aliphatic heterocycles. The largest absolute Gasteiger partial charge is 0.309 e. The van der Waals surface area contributed by atoms with Crippen LogP contribution in [0.4, 0.5) is 0 Å². The first-order valence-corrected chi connectivity index (χ1v) is 7.46. The zero-order chi connectivity index (χ0) is 11.9. The summed E-state index contributed by atoms with van der Waals surface area (Å²) in [5.74, 6) is 0. The molecule has 2 atom stereocenters. The Bertz CT molecular complexity index is 237. The number of nitrogens with zero attached hydrogens (tertiary/aromatic N) is 1. The Labute approximate surface area is 106 Å². The second-order valence-corrected chi connectivity index (χ2v) is 5.71. The Balaban J connectivity index is 1.73. The van der Waals surface area contributed by atoms with Crippen molar-refractivity contribution >= 4 is 0 Å². The average Bonchev–Trinajstić information content (AvgIpc) is 2.29. The third-order valence-corrected chi connectivity index (χ3v) is 4.29. The lowest BCUT2D eigenvalue weighted by Gasteiger charge is -2.33. The Morgan fingerprint density at radius 3 is 2.88 bits per heavy atom. The Hall–Kier alpha value is -0.340. The van der Waals surface area contributed by atoms with Gasteiger partial charge < -0.3 is 10.2 Å². The lowest BCUT2D eigenvalue weighted by Crippen LogP contribution is -2.45. The minimum atomic E-state index is 0.630. The lowest BCUT2D eigenvalue weighted by atomic mass is 10.00. The fraction of sp³-hybridized carbons (Fsp3) is 0.867. The molecule has 0 amide bonds. The predicted octanol–water partition coefficient (Wildman–Crippen LogP) is 2.95. The van der Waals surface area contributed by atoms with Gasteiger partial charge in [-0.15, -0.1) is 0 Å². The second kappa shape index (κ2) is 7.17. The van der Waals surface area contributed by atoms with Crippen molar-refractivity contribution in [2.45, 2.75) is 63.5 Å². The van der Waals surface area contributed by atoms with E-state index in [0.717, 1.165) is 6.04 Å². The molecule has 0 radical (unpaired) electrons. The van der Waals surface area contributed by atoms with Crippen LogP contribution in [0.3, 0.4) is 0 Å². The summed E-state index contributed by atoms with van der Waals surface area (Å²) >= 11 is 0. The monoisotopic (exact) mass is 236 g/mol. The van der Waals surface area contributed by atoms with Crippen molar-refractivity contribution in [1.82, 2.24) is 10.2 Å². The zero-order valence-electron chi connectivity index (χ0n) is 11.3. The first kappa shape index (κ1) is 13.1. The van der Waals surface area contributed by atoms with Gasteiger partial charge in [0.05, 0.1) is 0 Å². The summed E-state index contributed by atoms with van der Waals surface area (Å²) in [5.41, 5.74) is 0. The number of rotatable bonds is 3. The van der Waals surface area contributed by atoms with Crippen molar-refractivity contribution < 1.29 is 0 Å². The van der Waals surface area contributed by atoms with Gasteiger partial charge in [-0.2, -0.15) is 0 Å². The number of hydrogen-bond acceptors (Lipinski definition) is 2. The zero-order valence-corrected chi connectivity index (χ0v) is 11.3. The summed E-state index contributed by atoms with van der Waals surface area (Å²) in [6, 6.07) is 1.40. The average molecular weight is 236 g/mol. The minimum absolute atomic E-state index is 0.630. The first-order chi connectivity index (χ1) is 8.36. The molecule has 0 aromatic carbocycles. The van der Waals surface area contributed by atoms with Gasteiger partial charge in [0.25, 0.3) is 0 Å². The smallest absolute Gasteiger partial charge is 0.0250 e. The topological polar surface area (TPSA) is 15.3 Å². The predicted molar refractivity (Wildman–Crippen MR) is 74.3 cm³/mol. The molecule has 0 saturated carbocycles. The molecule has 2 heteroatoms. The van der Waals surface area contributed by atoms with Gasteiger partial charge in [0.2, 0.25) is 0 Å². The van der Waals surface area contributed by atoms with Crippen molar-refractivity contribution in [3.8, 4) is 0 Å². The normalized spacial score (nSPS) is 33.9. The van der Waals surface area contributed by atoms with E-state index in [0.29, 0.717) is 6.04 Å². The summed E-state index contributed by atoms with van der Waals surface area (Å²) in [4.78, 5) is 2.53. The van der Waals surface area contributed by atoms with E-state index in [-0.39, 0.29) is 0 Å². The third-order valence-electron chi connectivity index (χ3n) is 4.29. The highest BCUT2D eigenvalue weighted by Gasteiger charge is 2.19. The third kappa shape index (κ3) is 4.44. The summed E-state index contributed by atoms with van der Waals surface area (Å²) in [6.07, 6.45) is 15.7. The number of hydrogen-bond donors (Lipinski definition) is 1. The molecule has 0 aromatic heterocycles. The van der Waals surface area contributed by atoms with E-state index in [9.17, 15) is 0 Å². The van der Waals surface area contributed by atoms with Crippen LogP contribution in [0.15, 0.2) is 12.2 Å². The van der Waals surface area contributed by atoms with Gasteiger partial charge in [-0.1, -0.05) is 31.4 Å². The van der Waals surface area contributed by atoms with Crippen LogP contribution in [0.2, 0.25) is 0 Å². The summed E-state index contributed by atoms with van der Waals surface area (Å²) in [7, 11) is 2.28. The van der Waals surface area contributed by atoms with Crippen LogP contribution >= 0.6 is 0 Å². The second-order valence-electron chi connectivity index (χ2n) is 5.71. The van der Waals surface area contributed by atoms with E-state index in [2.05, 4.69) is 29.4 Å². The SMILES string of the molecule is CN1CCCCC1CNC1/C=C/CCCCC1. The Morgan fingerprint density at radius 2 is 2.00 bits per heavy atom. The standard InChI is InChI=1S/C15H28N2/c1-17-12-8-7-11-15(17)13-16-14-9-5-3-2-4-6-10-14/h5,9,14-16H,2-4,6-8,10-13H2,1H3/b9-5+. The van der Waals surface area contributed by atoms with Crippen LogP contribution in [-0.4, -0.2) is 37.1 Å². The molecular weight excluding hydrogens is 208 g/mol. The van der Waals surface area contributed by atoms with Gasteiger partial charge in [0, 0.05) is 18.6 Å². The number of piperidine rings is 1. The maximum absolute atomic E-state index is 3.76. The number of likely N-dealkylation sites (N-methyl/N-ethyl adjacent to an activating group) is 1. The molecule has 2 aliphatic rings. The maximum Gasteiger partial charge on any atom is 0.0250 e. The van der Waals surface area contributed by atoms with E-state index in [1.54, 1.807) is 0 Å². The fourth-order valence-corrected chi connectivity index (χ4v) is 3.02. The first-order valence-electron chi connectivity index (χ1n) is 7.46. The fourth-order valence-electron chi connectivity index (χ4n) is 3.02. The molecule has 2 unspecified atom stereocenters. The summed E-state index contributed by atoms with van der Waals surface area (Å²) < 4.78 is 0. The van der Waals surface area contributed by atoms with Gasteiger partial charge in [-0.05, 0) is 45.7 Å². The molecule has 98 valence electrons. The highest BCUT2D eigenvalue weighted by Crippen LogP contribution is 2.16. The molecule has 1 saturated heterocycles.